The van der Waals surface area contributed by atoms with Crippen LogP contribution in [0, 0.1) is 0 Å². The van der Waals surface area contributed by atoms with Gasteiger partial charge in [-0.15, -0.1) is 0 Å². The largest absolute Gasteiger partial charge is 0.422 e. The Morgan fingerprint density at radius 2 is 2.00 bits per heavy atom. The zero-order valence-electron chi connectivity index (χ0n) is 12.1. The number of nitrogens with zero attached hydrogens (tertiary/aromatic N) is 4. The van der Waals surface area contributed by atoms with Gasteiger partial charge in [0.15, 0.2) is 0 Å². The van der Waals surface area contributed by atoms with Crippen LogP contribution in [0.5, 0.6) is 0 Å². The van der Waals surface area contributed by atoms with E-state index in [2.05, 4.69) is 20.4 Å². The number of halogens is 3. The van der Waals surface area contributed by atoms with Crippen molar-refractivity contribution in [2.45, 2.75) is 24.9 Å². The van der Waals surface area contributed by atoms with Crippen molar-refractivity contribution in [3.05, 3.63) is 17.5 Å². The van der Waals surface area contributed by atoms with E-state index in [1.165, 1.54) is 11.7 Å². The zero-order valence-corrected chi connectivity index (χ0v) is 12.1. The summed E-state index contributed by atoms with van der Waals surface area (Å²) in [6, 6.07) is 0. The summed E-state index contributed by atoms with van der Waals surface area (Å²) in [6.45, 7) is 0. The minimum absolute atomic E-state index is 0.187. The van der Waals surface area contributed by atoms with Crippen molar-refractivity contribution >= 4 is 11.8 Å². The molecule has 0 aliphatic heterocycles. The Labute approximate surface area is 124 Å². The second-order valence-electron chi connectivity index (χ2n) is 5.28. The minimum atomic E-state index is -4.60. The quantitative estimate of drug-likeness (QED) is 0.909. The van der Waals surface area contributed by atoms with Gasteiger partial charge in [-0.2, -0.15) is 23.3 Å². The monoisotopic (exact) mass is 312 g/mol. The molecule has 0 radical (unpaired) electrons. The Bertz CT molecular complexity index is 717. The highest BCUT2D eigenvalue weighted by atomic mass is 19.4. The average molecular weight is 312 g/mol. The van der Waals surface area contributed by atoms with Crippen molar-refractivity contribution < 1.29 is 13.2 Å². The first kappa shape index (κ1) is 14.6. The maximum atomic E-state index is 13.5. The van der Waals surface area contributed by atoms with E-state index in [0.29, 0.717) is 11.3 Å². The average Bonchev–Trinajstić information content (AvgIpc) is 3.19. The molecule has 0 aromatic carbocycles. The predicted molar refractivity (Wildman–Crippen MR) is 75.2 cm³/mol. The summed E-state index contributed by atoms with van der Waals surface area (Å²) in [6.07, 6.45) is -1.21. The summed E-state index contributed by atoms with van der Waals surface area (Å²) in [5.41, 5.74) is 5.43. The molecule has 22 heavy (non-hydrogen) atoms. The molecule has 0 spiro atoms. The number of hydrogen-bond donors (Lipinski definition) is 2. The molecule has 2 aromatic heterocycles. The van der Waals surface area contributed by atoms with Gasteiger partial charge in [0, 0.05) is 31.8 Å². The lowest BCUT2D eigenvalue weighted by molar-refractivity contribution is -0.136. The molecule has 118 valence electrons. The molecule has 1 saturated carbocycles. The van der Waals surface area contributed by atoms with Crippen LogP contribution in [0.15, 0.2) is 6.20 Å². The highest BCUT2D eigenvalue weighted by molar-refractivity contribution is 5.73. The van der Waals surface area contributed by atoms with Gasteiger partial charge in [0.2, 0.25) is 5.95 Å². The van der Waals surface area contributed by atoms with Crippen molar-refractivity contribution in [3.63, 3.8) is 0 Å². The van der Waals surface area contributed by atoms with Crippen LogP contribution in [-0.4, -0.2) is 26.8 Å². The molecular formula is C13H15F3N6. The van der Waals surface area contributed by atoms with Gasteiger partial charge in [-0.1, -0.05) is 0 Å². The van der Waals surface area contributed by atoms with Crippen LogP contribution in [-0.2, 0) is 13.2 Å². The summed E-state index contributed by atoms with van der Waals surface area (Å²) in [5, 5.41) is 6.73. The first-order valence-corrected chi connectivity index (χ1v) is 6.77. The molecule has 0 bridgehead atoms. The highest BCUT2D eigenvalue weighted by Gasteiger charge is 2.41. The van der Waals surface area contributed by atoms with E-state index < -0.39 is 11.7 Å². The molecular weight excluding hydrogens is 297 g/mol. The molecule has 0 saturated heterocycles. The van der Waals surface area contributed by atoms with Crippen molar-refractivity contribution in [3.8, 4) is 11.3 Å². The van der Waals surface area contributed by atoms with Gasteiger partial charge in [-0.3, -0.25) is 4.68 Å². The van der Waals surface area contributed by atoms with Gasteiger partial charge < -0.3 is 11.1 Å². The predicted octanol–water partition coefficient (Wildman–Crippen LogP) is 2.40. The number of anilines is 2. The maximum Gasteiger partial charge on any atom is 0.422 e. The standard InChI is InChI=1S/C13H15F3N6/c1-18-11-8(13(14,15)16)10(19-12(17)20-11)7-5-22(2)21-9(7)6-3-4-6/h5-6H,3-4H2,1-2H3,(H3,17,18,19,20). The third-order valence-corrected chi connectivity index (χ3v) is 3.52. The summed E-state index contributed by atoms with van der Waals surface area (Å²) in [5.74, 6) is -0.356. The van der Waals surface area contributed by atoms with Crippen molar-refractivity contribution in [2.75, 3.05) is 18.1 Å². The Kier molecular flexibility index (Phi) is 3.22. The van der Waals surface area contributed by atoms with E-state index in [-0.39, 0.29) is 23.4 Å². The molecule has 1 aliphatic rings. The summed E-state index contributed by atoms with van der Waals surface area (Å²) < 4.78 is 41.9. The fourth-order valence-corrected chi connectivity index (χ4v) is 2.47. The topological polar surface area (TPSA) is 81.6 Å². The number of aryl methyl sites for hydroxylation is 1. The zero-order chi connectivity index (χ0) is 16.1. The Morgan fingerprint density at radius 1 is 1.32 bits per heavy atom. The Balaban J connectivity index is 2.28. The number of nitrogen functional groups attached to an aromatic ring is 1. The first-order valence-electron chi connectivity index (χ1n) is 6.77. The first-order chi connectivity index (χ1) is 10.3. The Hall–Kier alpha value is -2.32. The molecule has 0 unspecified atom stereocenters. The molecule has 0 atom stereocenters. The summed E-state index contributed by atoms with van der Waals surface area (Å²) in [7, 11) is 3.04. The molecule has 1 aliphatic carbocycles. The van der Waals surface area contributed by atoms with Gasteiger partial charge in [0.05, 0.1) is 11.4 Å². The number of rotatable bonds is 3. The number of nitrogens with one attached hydrogen (secondary N) is 1. The summed E-state index contributed by atoms with van der Waals surface area (Å²) >= 11 is 0. The van der Waals surface area contributed by atoms with Crippen LogP contribution in [0.2, 0.25) is 0 Å². The molecule has 2 aromatic rings. The highest BCUT2D eigenvalue weighted by Crippen LogP contribution is 2.46. The fourth-order valence-electron chi connectivity index (χ4n) is 2.47. The molecule has 3 N–H and O–H groups in total. The molecule has 9 heteroatoms. The number of hydrogen-bond acceptors (Lipinski definition) is 5. The van der Waals surface area contributed by atoms with E-state index in [9.17, 15) is 13.2 Å². The van der Waals surface area contributed by atoms with Crippen molar-refractivity contribution in [1.82, 2.24) is 19.7 Å². The van der Waals surface area contributed by atoms with Crippen LogP contribution in [0.25, 0.3) is 11.3 Å². The fraction of sp³-hybridized carbons (Fsp3) is 0.462. The normalized spacial score (nSPS) is 15.1. The van der Waals surface area contributed by atoms with Crippen LogP contribution < -0.4 is 11.1 Å². The third-order valence-electron chi connectivity index (χ3n) is 3.52. The lowest BCUT2D eigenvalue weighted by atomic mass is 10.0. The molecule has 0 amide bonds. The minimum Gasteiger partial charge on any atom is -0.372 e. The maximum absolute atomic E-state index is 13.5. The lowest BCUT2D eigenvalue weighted by Gasteiger charge is -2.16. The van der Waals surface area contributed by atoms with E-state index in [0.717, 1.165) is 12.8 Å². The van der Waals surface area contributed by atoms with E-state index >= 15 is 0 Å². The van der Waals surface area contributed by atoms with Gasteiger partial charge in [-0.25, -0.2) is 4.98 Å². The smallest absolute Gasteiger partial charge is 0.372 e. The van der Waals surface area contributed by atoms with Gasteiger partial charge >= 0.3 is 6.18 Å². The number of alkyl halides is 3. The van der Waals surface area contributed by atoms with Gasteiger partial charge in [0.1, 0.15) is 11.4 Å². The lowest BCUT2D eigenvalue weighted by Crippen LogP contribution is -2.15. The molecule has 6 nitrogen and oxygen atoms in total. The van der Waals surface area contributed by atoms with E-state index in [4.69, 9.17) is 5.73 Å². The third kappa shape index (κ3) is 2.46. The molecule has 1 fully saturated rings. The van der Waals surface area contributed by atoms with Crippen molar-refractivity contribution in [1.29, 1.82) is 0 Å². The second-order valence-corrected chi connectivity index (χ2v) is 5.28. The van der Waals surface area contributed by atoms with Gasteiger partial charge in [0.25, 0.3) is 0 Å². The Morgan fingerprint density at radius 3 is 2.55 bits per heavy atom. The second kappa shape index (κ2) is 4.85. The van der Waals surface area contributed by atoms with Crippen LogP contribution in [0.1, 0.15) is 30.0 Å². The number of nitrogens with two attached hydrogens (primary N) is 1. The van der Waals surface area contributed by atoms with Crippen molar-refractivity contribution in [2.24, 2.45) is 7.05 Å². The van der Waals surface area contributed by atoms with E-state index in [1.807, 2.05) is 0 Å². The SMILES string of the molecule is CNc1nc(N)nc(-c2cn(C)nc2C2CC2)c1C(F)(F)F. The van der Waals surface area contributed by atoms with Crippen LogP contribution in [0.3, 0.4) is 0 Å². The van der Waals surface area contributed by atoms with E-state index in [1.54, 1.807) is 13.2 Å². The molecule has 2 heterocycles. The van der Waals surface area contributed by atoms with Crippen LogP contribution >= 0.6 is 0 Å². The molecule has 3 rings (SSSR count). The number of aromatic nitrogens is 4. The van der Waals surface area contributed by atoms with Gasteiger partial charge in [-0.05, 0) is 12.8 Å². The van der Waals surface area contributed by atoms with Crippen LogP contribution in [0.4, 0.5) is 24.9 Å². The summed E-state index contributed by atoms with van der Waals surface area (Å²) in [4.78, 5) is 7.51.